The molecule has 0 fully saturated rings. The standard InChI is InChI=1S/C13H18N2O3/c1-8(5-15(2)3)12(16)11-13(17)10-7-18-6-9(10)4-14-11/h4,12,16-17H,1,5-7H2,2-3H3. The van der Waals surface area contributed by atoms with Crippen molar-refractivity contribution in [1.82, 2.24) is 9.88 Å². The van der Waals surface area contributed by atoms with Gasteiger partial charge < -0.3 is 19.8 Å². The van der Waals surface area contributed by atoms with Gasteiger partial charge in [-0.3, -0.25) is 4.98 Å². The molecule has 1 aliphatic rings. The fourth-order valence-corrected chi connectivity index (χ4v) is 2.03. The molecule has 1 unspecified atom stereocenters. The molecule has 2 rings (SSSR count). The molecule has 1 aromatic heterocycles. The van der Waals surface area contributed by atoms with E-state index in [2.05, 4.69) is 11.6 Å². The summed E-state index contributed by atoms with van der Waals surface area (Å²) in [5.74, 6) is 0.0254. The Balaban J connectivity index is 2.26. The quantitative estimate of drug-likeness (QED) is 0.779. The number of likely N-dealkylation sites (N-methyl/N-ethyl adjacent to an activating group) is 1. The molecule has 2 N–H and O–H groups in total. The van der Waals surface area contributed by atoms with Crippen molar-refractivity contribution in [2.45, 2.75) is 19.3 Å². The maximum atomic E-state index is 10.2. The van der Waals surface area contributed by atoms with Gasteiger partial charge in [0.1, 0.15) is 17.5 Å². The van der Waals surface area contributed by atoms with E-state index in [1.807, 2.05) is 19.0 Å². The van der Waals surface area contributed by atoms with Crippen LogP contribution in [0.15, 0.2) is 18.3 Å². The van der Waals surface area contributed by atoms with E-state index in [-0.39, 0.29) is 11.4 Å². The number of hydrogen-bond acceptors (Lipinski definition) is 5. The number of aliphatic hydroxyl groups is 1. The maximum Gasteiger partial charge on any atom is 0.146 e. The number of aromatic nitrogens is 1. The Morgan fingerprint density at radius 1 is 1.56 bits per heavy atom. The van der Waals surface area contributed by atoms with Crippen molar-refractivity contribution < 1.29 is 14.9 Å². The van der Waals surface area contributed by atoms with Gasteiger partial charge in [0.15, 0.2) is 0 Å². The number of aliphatic hydroxyl groups excluding tert-OH is 1. The molecule has 18 heavy (non-hydrogen) atoms. The summed E-state index contributed by atoms with van der Waals surface area (Å²) < 4.78 is 5.24. The topological polar surface area (TPSA) is 65.8 Å². The Bertz CT molecular complexity index is 472. The minimum atomic E-state index is -0.960. The summed E-state index contributed by atoms with van der Waals surface area (Å²) in [5.41, 5.74) is 2.45. The average Bonchev–Trinajstić information content (AvgIpc) is 2.76. The van der Waals surface area contributed by atoms with Crippen molar-refractivity contribution in [3.8, 4) is 5.75 Å². The fourth-order valence-electron chi connectivity index (χ4n) is 2.03. The first-order valence-corrected chi connectivity index (χ1v) is 5.78. The lowest BCUT2D eigenvalue weighted by atomic mass is 10.0. The third-order valence-corrected chi connectivity index (χ3v) is 2.94. The second kappa shape index (κ2) is 5.06. The fraction of sp³-hybridized carbons (Fsp3) is 0.462. The van der Waals surface area contributed by atoms with Gasteiger partial charge in [-0.2, -0.15) is 0 Å². The Labute approximate surface area is 106 Å². The summed E-state index contributed by atoms with van der Waals surface area (Å²) in [5, 5.41) is 20.3. The molecular weight excluding hydrogens is 232 g/mol. The minimum absolute atomic E-state index is 0.0254. The molecule has 0 radical (unpaired) electrons. The normalized spacial score (nSPS) is 15.8. The van der Waals surface area contributed by atoms with Crippen molar-refractivity contribution in [3.05, 3.63) is 35.2 Å². The maximum absolute atomic E-state index is 10.2. The van der Waals surface area contributed by atoms with Crippen molar-refractivity contribution in [2.75, 3.05) is 20.6 Å². The number of ether oxygens (including phenoxy) is 1. The number of pyridine rings is 1. The van der Waals surface area contributed by atoms with Crippen molar-refractivity contribution in [1.29, 1.82) is 0 Å². The number of nitrogens with zero attached hydrogens (tertiary/aromatic N) is 2. The number of aromatic hydroxyl groups is 1. The van der Waals surface area contributed by atoms with Crippen LogP contribution in [0, 0.1) is 0 Å². The van der Waals surface area contributed by atoms with Crippen LogP contribution in [0.5, 0.6) is 5.75 Å². The third-order valence-electron chi connectivity index (χ3n) is 2.94. The molecule has 98 valence electrons. The highest BCUT2D eigenvalue weighted by atomic mass is 16.5. The van der Waals surface area contributed by atoms with E-state index in [1.165, 1.54) is 0 Å². The first-order valence-electron chi connectivity index (χ1n) is 5.78. The average molecular weight is 250 g/mol. The second-order valence-electron chi connectivity index (χ2n) is 4.79. The molecule has 0 aromatic carbocycles. The summed E-state index contributed by atoms with van der Waals surface area (Å²) in [7, 11) is 3.78. The van der Waals surface area contributed by atoms with Crippen LogP contribution in [0.1, 0.15) is 22.9 Å². The zero-order chi connectivity index (χ0) is 13.3. The van der Waals surface area contributed by atoms with E-state index in [9.17, 15) is 10.2 Å². The molecule has 1 aromatic rings. The predicted octanol–water partition coefficient (Wildman–Crippen LogP) is 0.969. The highest BCUT2D eigenvalue weighted by molar-refractivity contribution is 5.44. The van der Waals surface area contributed by atoms with E-state index in [0.717, 1.165) is 11.1 Å². The van der Waals surface area contributed by atoms with Gasteiger partial charge in [0.25, 0.3) is 0 Å². The molecule has 0 aliphatic carbocycles. The van der Waals surface area contributed by atoms with Gasteiger partial charge >= 0.3 is 0 Å². The van der Waals surface area contributed by atoms with Crippen LogP contribution >= 0.6 is 0 Å². The summed E-state index contributed by atoms with van der Waals surface area (Å²) in [4.78, 5) is 6.02. The highest BCUT2D eigenvalue weighted by Gasteiger charge is 2.24. The zero-order valence-corrected chi connectivity index (χ0v) is 10.7. The predicted molar refractivity (Wildman–Crippen MR) is 67.0 cm³/mol. The lowest BCUT2D eigenvalue weighted by molar-refractivity contribution is 0.133. The van der Waals surface area contributed by atoms with Gasteiger partial charge in [-0.25, -0.2) is 0 Å². The van der Waals surface area contributed by atoms with Crippen LogP contribution < -0.4 is 0 Å². The Hall–Kier alpha value is -1.43. The SMILES string of the molecule is C=C(CN(C)C)C(O)c1ncc2c(c1O)COC2. The van der Waals surface area contributed by atoms with Gasteiger partial charge in [-0.1, -0.05) is 6.58 Å². The van der Waals surface area contributed by atoms with Crippen LogP contribution in [-0.4, -0.2) is 40.7 Å². The first kappa shape index (κ1) is 13.0. The van der Waals surface area contributed by atoms with Crippen molar-refractivity contribution >= 4 is 0 Å². The molecule has 1 aliphatic heterocycles. The van der Waals surface area contributed by atoms with E-state index in [0.29, 0.717) is 25.3 Å². The second-order valence-corrected chi connectivity index (χ2v) is 4.79. The van der Waals surface area contributed by atoms with Crippen molar-refractivity contribution in [2.24, 2.45) is 0 Å². The van der Waals surface area contributed by atoms with Crippen LogP contribution in [-0.2, 0) is 18.0 Å². The third kappa shape index (κ3) is 2.38. The Morgan fingerprint density at radius 3 is 2.94 bits per heavy atom. The number of hydrogen-bond donors (Lipinski definition) is 2. The van der Waals surface area contributed by atoms with Gasteiger partial charge in [-0.05, 0) is 19.7 Å². The van der Waals surface area contributed by atoms with Crippen LogP contribution in [0.25, 0.3) is 0 Å². The van der Waals surface area contributed by atoms with E-state index >= 15 is 0 Å². The van der Waals surface area contributed by atoms with E-state index in [4.69, 9.17) is 4.74 Å². The van der Waals surface area contributed by atoms with Crippen molar-refractivity contribution in [3.63, 3.8) is 0 Å². The smallest absolute Gasteiger partial charge is 0.146 e. The van der Waals surface area contributed by atoms with Crippen LogP contribution in [0.2, 0.25) is 0 Å². The molecule has 5 heteroatoms. The highest BCUT2D eigenvalue weighted by Crippen LogP contribution is 2.34. The molecule has 2 heterocycles. The van der Waals surface area contributed by atoms with Gasteiger partial charge in [-0.15, -0.1) is 0 Å². The lowest BCUT2D eigenvalue weighted by Crippen LogP contribution is -2.19. The molecular formula is C13H18N2O3. The molecule has 1 atom stereocenters. The number of fused-ring (bicyclic) bond motifs is 1. The summed E-state index contributed by atoms with van der Waals surface area (Å²) >= 11 is 0. The van der Waals surface area contributed by atoms with Gasteiger partial charge in [0.05, 0.1) is 13.2 Å². The minimum Gasteiger partial charge on any atom is -0.506 e. The molecule has 0 amide bonds. The monoisotopic (exact) mass is 250 g/mol. The first-order chi connectivity index (χ1) is 8.50. The van der Waals surface area contributed by atoms with Gasteiger partial charge in [0.2, 0.25) is 0 Å². The zero-order valence-electron chi connectivity index (χ0n) is 10.7. The van der Waals surface area contributed by atoms with E-state index < -0.39 is 6.10 Å². The largest absolute Gasteiger partial charge is 0.506 e. The molecule has 0 bridgehead atoms. The Morgan fingerprint density at radius 2 is 2.28 bits per heavy atom. The molecule has 0 saturated carbocycles. The molecule has 5 nitrogen and oxygen atoms in total. The lowest BCUT2D eigenvalue weighted by Gasteiger charge is -2.18. The van der Waals surface area contributed by atoms with E-state index in [1.54, 1.807) is 6.20 Å². The number of rotatable bonds is 4. The van der Waals surface area contributed by atoms with Gasteiger partial charge in [0, 0.05) is 23.9 Å². The van der Waals surface area contributed by atoms with Crippen LogP contribution in [0.3, 0.4) is 0 Å². The van der Waals surface area contributed by atoms with Crippen LogP contribution in [0.4, 0.5) is 0 Å². The molecule has 0 spiro atoms. The summed E-state index contributed by atoms with van der Waals surface area (Å²) in [6.07, 6.45) is 0.682. The summed E-state index contributed by atoms with van der Waals surface area (Å²) in [6, 6.07) is 0. The molecule has 0 saturated heterocycles. The summed E-state index contributed by atoms with van der Waals surface area (Å²) in [6.45, 7) is 5.20. The Kier molecular flexibility index (Phi) is 3.65.